The Morgan fingerprint density at radius 2 is 2.07 bits per heavy atom. The molecule has 0 atom stereocenters. The van der Waals surface area contributed by atoms with Gasteiger partial charge in [0.15, 0.2) is 0 Å². The van der Waals surface area contributed by atoms with Gasteiger partial charge in [0, 0.05) is 12.6 Å². The smallest absolute Gasteiger partial charge is 0.207 e. The molecule has 0 unspecified atom stereocenters. The third-order valence-electron chi connectivity index (χ3n) is 1.60. The highest BCUT2D eigenvalue weighted by atomic mass is 32.2. The summed E-state index contributed by atoms with van der Waals surface area (Å²) in [6.07, 6.45) is 1.32. The lowest BCUT2D eigenvalue weighted by Crippen LogP contribution is -2.24. The molecule has 1 N–H and O–H groups in total. The van der Waals surface area contributed by atoms with Crippen molar-refractivity contribution in [3.8, 4) is 0 Å². The van der Waals surface area contributed by atoms with Crippen LogP contribution in [-0.2, 0) is 10.0 Å². The molecule has 3 nitrogen and oxygen atoms in total. The zero-order chi connectivity index (χ0) is 11.5. The van der Waals surface area contributed by atoms with Crippen LogP contribution in [0, 0.1) is 11.6 Å². The first kappa shape index (κ1) is 11.8. The van der Waals surface area contributed by atoms with Crippen LogP contribution < -0.4 is 4.72 Å². The molecule has 0 aromatic heterocycles. The maximum Gasteiger partial charge on any atom is 0.243 e. The largest absolute Gasteiger partial charge is 0.243 e. The Hall–Kier alpha value is -1.27. The van der Waals surface area contributed by atoms with Gasteiger partial charge in [0.2, 0.25) is 10.0 Å². The van der Waals surface area contributed by atoms with Gasteiger partial charge in [0.05, 0.1) is 0 Å². The Bertz CT molecular complexity index is 471. The van der Waals surface area contributed by atoms with E-state index in [0.29, 0.717) is 6.07 Å². The van der Waals surface area contributed by atoms with Gasteiger partial charge in [-0.05, 0) is 12.1 Å². The minimum Gasteiger partial charge on any atom is -0.207 e. The van der Waals surface area contributed by atoms with Crippen molar-refractivity contribution < 1.29 is 17.2 Å². The lowest BCUT2D eigenvalue weighted by molar-refractivity contribution is 0.545. The minimum absolute atomic E-state index is 0.0147. The van der Waals surface area contributed by atoms with E-state index in [0.717, 1.165) is 12.1 Å². The Balaban J connectivity index is 3.10. The second kappa shape index (κ2) is 4.50. The number of hydrogen-bond donors (Lipinski definition) is 1. The number of benzene rings is 1. The van der Waals surface area contributed by atoms with E-state index in [9.17, 15) is 17.2 Å². The molecule has 0 aliphatic carbocycles. The van der Waals surface area contributed by atoms with Crippen LogP contribution >= 0.6 is 0 Å². The van der Waals surface area contributed by atoms with E-state index in [4.69, 9.17) is 0 Å². The number of hydrogen-bond acceptors (Lipinski definition) is 2. The fourth-order valence-corrected chi connectivity index (χ4v) is 2.00. The molecule has 0 spiro atoms. The van der Waals surface area contributed by atoms with Crippen LogP contribution in [0.1, 0.15) is 0 Å². The van der Waals surface area contributed by atoms with Crippen LogP contribution in [0.5, 0.6) is 0 Å². The van der Waals surface area contributed by atoms with Crippen LogP contribution in [-0.4, -0.2) is 15.0 Å². The molecule has 1 aromatic carbocycles. The maximum atomic E-state index is 13.1. The fourth-order valence-electron chi connectivity index (χ4n) is 0.940. The van der Waals surface area contributed by atoms with E-state index < -0.39 is 26.6 Å². The van der Waals surface area contributed by atoms with E-state index >= 15 is 0 Å². The summed E-state index contributed by atoms with van der Waals surface area (Å²) in [4.78, 5) is -0.578. The Morgan fingerprint density at radius 1 is 1.40 bits per heavy atom. The standard InChI is InChI=1S/C9H9F2NO2S/c1-2-5-12-15(13,14)9-4-3-7(10)6-8(9)11/h2-4,6,12H,1,5H2. The third kappa shape index (κ3) is 2.84. The second-order valence-corrected chi connectivity index (χ2v) is 4.45. The lowest BCUT2D eigenvalue weighted by Gasteiger charge is -2.05. The molecule has 82 valence electrons. The van der Waals surface area contributed by atoms with Crippen molar-refractivity contribution in [2.45, 2.75) is 4.90 Å². The van der Waals surface area contributed by atoms with Gasteiger partial charge >= 0.3 is 0 Å². The minimum atomic E-state index is -3.93. The highest BCUT2D eigenvalue weighted by molar-refractivity contribution is 7.89. The molecule has 0 saturated carbocycles. The second-order valence-electron chi connectivity index (χ2n) is 2.72. The molecule has 0 amide bonds. The molecule has 0 aliphatic rings. The zero-order valence-electron chi connectivity index (χ0n) is 7.70. The lowest BCUT2D eigenvalue weighted by atomic mass is 10.3. The average molecular weight is 233 g/mol. The molecule has 15 heavy (non-hydrogen) atoms. The first-order valence-electron chi connectivity index (χ1n) is 4.03. The molecule has 0 heterocycles. The molecule has 1 aromatic rings. The summed E-state index contributed by atoms with van der Waals surface area (Å²) in [7, 11) is -3.93. The van der Waals surface area contributed by atoms with Gasteiger partial charge in [-0.15, -0.1) is 6.58 Å². The van der Waals surface area contributed by atoms with Crippen molar-refractivity contribution in [1.82, 2.24) is 4.72 Å². The van der Waals surface area contributed by atoms with Crippen LogP contribution in [0.2, 0.25) is 0 Å². The van der Waals surface area contributed by atoms with Crippen LogP contribution in [0.4, 0.5) is 8.78 Å². The highest BCUT2D eigenvalue weighted by Crippen LogP contribution is 2.14. The van der Waals surface area contributed by atoms with E-state index in [-0.39, 0.29) is 6.54 Å². The van der Waals surface area contributed by atoms with Gasteiger partial charge in [-0.3, -0.25) is 0 Å². The van der Waals surface area contributed by atoms with Crippen molar-refractivity contribution >= 4 is 10.0 Å². The summed E-state index contributed by atoms with van der Waals surface area (Å²) in [5, 5.41) is 0. The molecule has 6 heteroatoms. The first-order valence-corrected chi connectivity index (χ1v) is 5.51. The monoisotopic (exact) mass is 233 g/mol. The van der Waals surface area contributed by atoms with E-state index in [1.165, 1.54) is 6.08 Å². The fraction of sp³-hybridized carbons (Fsp3) is 0.111. The maximum absolute atomic E-state index is 13.1. The van der Waals surface area contributed by atoms with Gasteiger partial charge in [-0.1, -0.05) is 6.08 Å². The van der Waals surface area contributed by atoms with E-state index in [1.54, 1.807) is 0 Å². The molecular formula is C9H9F2NO2S. The first-order chi connectivity index (χ1) is 6.97. The number of rotatable bonds is 4. The number of sulfonamides is 1. The Labute approximate surface area is 86.5 Å². The molecule has 0 fully saturated rings. The molecule has 1 rings (SSSR count). The van der Waals surface area contributed by atoms with Crippen LogP contribution in [0.25, 0.3) is 0 Å². The summed E-state index contributed by atoms with van der Waals surface area (Å²) in [6, 6.07) is 2.27. The summed E-state index contributed by atoms with van der Waals surface area (Å²) in [5.74, 6) is -1.94. The van der Waals surface area contributed by atoms with Crippen molar-refractivity contribution in [2.75, 3.05) is 6.54 Å². The zero-order valence-corrected chi connectivity index (χ0v) is 8.52. The van der Waals surface area contributed by atoms with E-state index in [2.05, 4.69) is 11.3 Å². The van der Waals surface area contributed by atoms with Gasteiger partial charge in [-0.2, -0.15) is 0 Å². The molecular weight excluding hydrogens is 224 g/mol. The summed E-state index contributed by atoms with van der Waals surface area (Å²) in [5.41, 5.74) is 0. The summed E-state index contributed by atoms with van der Waals surface area (Å²) in [6.45, 7) is 3.30. The Morgan fingerprint density at radius 3 is 2.60 bits per heavy atom. The van der Waals surface area contributed by atoms with Gasteiger partial charge in [0.1, 0.15) is 16.5 Å². The number of halogens is 2. The summed E-state index contributed by atoms with van der Waals surface area (Å²) < 4.78 is 50.5. The molecule has 0 aliphatic heterocycles. The predicted octanol–water partition coefficient (Wildman–Crippen LogP) is 1.43. The molecule has 0 bridgehead atoms. The van der Waals surface area contributed by atoms with E-state index in [1.807, 2.05) is 0 Å². The van der Waals surface area contributed by atoms with Crippen LogP contribution in [0.3, 0.4) is 0 Å². The van der Waals surface area contributed by atoms with Crippen molar-refractivity contribution in [3.63, 3.8) is 0 Å². The normalized spacial score (nSPS) is 11.3. The molecule has 0 radical (unpaired) electrons. The quantitative estimate of drug-likeness (QED) is 0.800. The molecule has 0 saturated heterocycles. The van der Waals surface area contributed by atoms with Crippen molar-refractivity contribution in [2.24, 2.45) is 0 Å². The highest BCUT2D eigenvalue weighted by Gasteiger charge is 2.18. The van der Waals surface area contributed by atoms with Gasteiger partial charge < -0.3 is 0 Å². The predicted molar refractivity (Wildman–Crippen MR) is 51.7 cm³/mol. The van der Waals surface area contributed by atoms with Crippen LogP contribution in [0.15, 0.2) is 35.7 Å². The third-order valence-corrected chi connectivity index (χ3v) is 3.06. The van der Waals surface area contributed by atoms with Crippen molar-refractivity contribution in [3.05, 3.63) is 42.5 Å². The SMILES string of the molecule is C=CCNS(=O)(=O)c1ccc(F)cc1F. The average Bonchev–Trinajstić information content (AvgIpc) is 2.14. The number of nitrogens with one attached hydrogen (secondary N) is 1. The van der Waals surface area contributed by atoms with Crippen molar-refractivity contribution in [1.29, 1.82) is 0 Å². The van der Waals surface area contributed by atoms with Gasteiger partial charge in [0.25, 0.3) is 0 Å². The Kier molecular flexibility index (Phi) is 3.54. The topological polar surface area (TPSA) is 46.2 Å². The van der Waals surface area contributed by atoms with Gasteiger partial charge in [-0.25, -0.2) is 21.9 Å². The summed E-state index contributed by atoms with van der Waals surface area (Å²) >= 11 is 0.